The van der Waals surface area contributed by atoms with Gasteiger partial charge in [-0.15, -0.1) is 0 Å². The minimum Gasteiger partial charge on any atom is -0.491 e. The fourth-order valence-electron chi connectivity index (χ4n) is 4.25. The average molecular weight is 403 g/mol. The van der Waals surface area contributed by atoms with E-state index >= 15 is 0 Å². The molecule has 30 heavy (non-hydrogen) atoms. The number of carbonyl (C=O) groups is 1. The molecule has 1 heterocycles. The Balaban J connectivity index is 1.40. The number of benzene rings is 3. The molecule has 4 nitrogen and oxygen atoms in total. The molecule has 1 atom stereocenters. The van der Waals surface area contributed by atoms with Crippen molar-refractivity contribution in [3.63, 3.8) is 0 Å². The first-order valence-electron chi connectivity index (χ1n) is 10.8. The van der Waals surface area contributed by atoms with Gasteiger partial charge in [-0.25, -0.2) is 0 Å². The average Bonchev–Trinajstić information content (AvgIpc) is 2.74. The van der Waals surface area contributed by atoms with Crippen LogP contribution < -0.4 is 10.1 Å². The molecule has 0 radical (unpaired) electrons. The van der Waals surface area contributed by atoms with E-state index in [4.69, 9.17) is 4.74 Å². The van der Waals surface area contributed by atoms with Crippen LogP contribution in [-0.4, -0.2) is 30.0 Å². The minimum absolute atomic E-state index is 0.00315. The van der Waals surface area contributed by atoms with Crippen LogP contribution in [0, 0.1) is 5.92 Å². The molecule has 0 aliphatic carbocycles. The Morgan fingerprint density at radius 1 is 1.10 bits per heavy atom. The van der Waals surface area contributed by atoms with Crippen LogP contribution >= 0.6 is 0 Å². The summed E-state index contributed by atoms with van der Waals surface area (Å²) < 4.78 is 5.74. The molecule has 3 aromatic rings. The maximum Gasteiger partial charge on any atom is 0.228 e. The van der Waals surface area contributed by atoms with E-state index in [0.717, 1.165) is 43.9 Å². The molecule has 1 aliphatic heterocycles. The van der Waals surface area contributed by atoms with E-state index in [1.807, 2.05) is 38.1 Å². The summed E-state index contributed by atoms with van der Waals surface area (Å²) in [4.78, 5) is 15.3. The highest BCUT2D eigenvalue weighted by atomic mass is 16.5. The Morgan fingerprint density at radius 3 is 2.77 bits per heavy atom. The summed E-state index contributed by atoms with van der Waals surface area (Å²) in [5.74, 6) is 0.881. The molecule has 0 bridgehead atoms. The minimum atomic E-state index is 0.00315. The van der Waals surface area contributed by atoms with Crippen LogP contribution in [0.1, 0.15) is 32.3 Å². The molecule has 4 rings (SSSR count). The third-order valence-electron chi connectivity index (χ3n) is 5.62. The molecule has 1 saturated heterocycles. The maximum atomic E-state index is 12.9. The Hall–Kier alpha value is -2.85. The van der Waals surface area contributed by atoms with E-state index in [9.17, 15) is 4.79 Å². The zero-order valence-corrected chi connectivity index (χ0v) is 17.8. The van der Waals surface area contributed by atoms with Gasteiger partial charge in [-0.1, -0.05) is 48.5 Å². The second-order valence-corrected chi connectivity index (χ2v) is 8.40. The number of nitrogens with zero attached hydrogens (tertiary/aromatic N) is 1. The number of hydrogen-bond donors (Lipinski definition) is 1. The van der Waals surface area contributed by atoms with Crippen molar-refractivity contribution >= 4 is 22.4 Å². The van der Waals surface area contributed by atoms with Gasteiger partial charge in [-0.3, -0.25) is 9.69 Å². The van der Waals surface area contributed by atoms with Crippen molar-refractivity contribution in [1.29, 1.82) is 0 Å². The summed E-state index contributed by atoms with van der Waals surface area (Å²) in [7, 11) is 0. The molecule has 1 aliphatic rings. The lowest BCUT2D eigenvalue weighted by atomic mass is 9.96. The number of fused-ring (bicyclic) bond motifs is 1. The van der Waals surface area contributed by atoms with Gasteiger partial charge in [0.05, 0.1) is 12.0 Å². The lowest BCUT2D eigenvalue weighted by Gasteiger charge is -2.32. The zero-order chi connectivity index (χ0) is 20.9. The number of anilines is 1. The van der Waals surface area contributed by atoms with Crippen LogP contribution in [-0.2, 0) is 11.3 Å². The van der Waals surface area contributed by atoms with Gasteiger partial charge in [0.1, 0.15) is 5.75 Å². The lowest BCUT2D eigenvalue weighted by molar-refractivity contribution is -0.121. The van der Waals surface area contributed by atoms with E-state index in [2.05, 4.69) is 52.7 Å². The van der Waals surface area contributed by atoms with Gasteiger partial charge in [0, 0.05) is 24.8 Å². The largest absolute Gasteiger partial charge is 0.491 e. The summed E-state index contributed by atoms with van der Waals surface area (Å²) in [6.07, 6.45) is 2.08. The summed E-state index contributed by atoms with van der Waals surface area (Å²) in [6.45, 7) is 6.69. The smallest absolute Gasteiger partial charge is 0.228 e. The molecule has 1 unspecified atom stereocenters. The molecule has 1 amide bonds. The third-order valence-corrected chi connectivity index (χ3v) is 5.62. The number of rotatable bonds is 6. The Bertz CT molecular complexity index is 1010. The van der Waals surface area contributed by atoms with E-state index in [0.29, 0.717) is 0 Å². The number of nitrogens with one attached hydrogen (secondary N) is 1. The maximum absolute atomic E-state index is 12.9. The van der Waals surface area contributed by atoms with E-state index in [1.165, 1.54) is 16.3 Å². The predicted octanol–water partition coefficient (Wildman–Crippen LogP) is 5.48. The molecule has 0 spiro atoms. The van der Waals surface area contributed by atoms with E-state index in [-0.39, 0.29) is 17.9 Å². The normalized spacial score (nSPS) is 17.2. The monoisotopic (exact) mass is 402 g/mol. The fraction of sp³-hybridized carbons (Fsp3) is 0.346. The van der Waals surface area contributed by atoms with Gasteiger partial charge in [0.25, 0.3) is 0 Å². The van der Waals surface area contributed by atoms with E-state index < -0.39 is 0 Å². The second-order valence-electron chi connectivity index (χ2n) is 8.40. The molecule has 156 valence electrons. The topological polar surface area (TPSA) is 41.6 Å². The van der Waals surface area contributed by atoms with Crippen molar-refractivity contribution in [2.24, 2.45) is 5.92 Å². The van der Waals surface area contributed by atoms with Crippen molar-refractivity contribution in [2.75, 3.05) is 18.4 Å². The highest BCUT2D eigenvalue weighted by Gasteiger charge is 2.26. The molecule has 3 aromatic carbocycles. The number of hydrogen-bond acceptors (Lipinski definition) is 3. The predicted molar refractivity (Wildman–Crippen MR) is 123 cm³/mol. The summed E-state index contributed by atoms with van der Waals surface area (Å²) in [5, 5.41) is 5.66. The number of ether oxygens (including phenoxy) is 1. The van der Waals surface area contributed by atoms with Crippen LogP contribution in [0.3, 0.4) is 0 Å². The van der Waals surface area contributed by atoms with Crippen LogP contribution in [0.25, 0.3) is 10.8 Å². The summed E-state index contributed by atoms with van der Waals surface area (Å²) in [6, 6.07) is 22.6. The Morgan fingerprint density at radius 2 is 1.90 bits per heavy atom. The van der Waals surface area contributed by atoms with Gasteiger partial charge in [-0.05, 0) is 61.7 Å². The molecule has 0 saturated carbocycles. The van der Waals surface area contributed by atoms with Crippen molar-refractivity contribution in [3.05, 3.63) is 72.3 Å². The zero-order valence-electron chi connectivity index (χ0n) is 17.8. The SMILES string of the molecule is CC(C)Oc1cccc(NC(=O)C2CCCN(Cc3cccc4ccccc34)C2)c1. The van der Waals surface area contributed by atoms with Crippen LogP contribution in [0.5, 0.6) is 5.75 Å². The highest BCUT2D eigenvalue weighted by molar-refractivity contribution is 5.93. The third kappa shape index (κ3) is 5.00. The van der Waals surface area contributed by atoms with Crippen molar-refractivity contribution in [2.45, 2.75) is 39.3 Å². The van der Waals surface area contributed by atoms with Crippen molar-refractivity contribution in [3.8, 4) is 5.75 Å². The first kappa shape index (κ1) is 20.4. The highest BCUT2D eigenvalue weighted by Crippen LogP contribution is 2.25. The van der Waals surface area contributed by atoms with Gasteiger partial charge in [0.15, 0.2) is 0 Å². The Kier molecular flexibility index (Phi) is 6.34. The van der Waals surface area contributed by atoms with Crippen molar-refractivity contribution in [1.82, 2.24) is 4.90 Å². The summed E-state index contributed by atoms with van der Waals surface area (Å²) in [5.41, 5.74) is 2.12. The number of carbonyl (C=O) groups excluding carboxylic acids is 1. The standard InChI is InChI=1S/C26H30N2O2/c1-19(2)30-24-13-6-12-23(16-24)27-26(29)22-11-7-15-28(18-22)17-21-10-5-9-20-8-3-4-14-25(20)21/h3-6,8-10,12-14,16,19,22H,7,11,15,17-18H2,1-2H3,(H,27,29). The molecule has 4 heteroatoms. The molecule has 1 N–H and O–H groups in total. The first-order chi connectivity index (χ1) is 14.6. The number of piperidine rings is 1. The number of likely N-dealkylation sites (tertiary alicyclic amines) is 1. The lowest BCUT2D eigenvalue weighted by Crippen LogP contribution is -2.40. The molecule has 1 fully saturated rings. The second kappa shape index (κ2) is 9.31. The van der Waals surface area contributed by atoms with Gasteiger partial charge >= 0.3 is 0 Å². The Labute approximate surface area is 178 Å². The number of amides is 1. The van der Waals surface area contributed by atoms with Crippen LogP contribution in [0.15, 0.2) is 66.7 Å². The molecular formula is C26H30N2O2. The van der Waals surface area contributed by atoms with E-state index in [1.54, 1.807) is 0 Å². The van der Waals surface area contributed by atoms with Gasteiger partial charge in [-0.2, -0.15) is 0 Å². The van der Waals surface area contributed by atoms with Gasteiger partial charge in [0.2, 0.25) is 5.91 Å². The molecule has 0 aromatic heterocycles. The van der Waals surface area contributed by atoms with Crippen LogP contribution in [0.2, 0.25) is 0 Å². The summed E-state index contributed by atoms with van der Waals surface area (Å²) >= 11 is 0. The van der Waals surface area contributed by atoms with Crippen molar-refractivity contribution < 1.29 is 9.53 Å². The quantitative estimate of drug-likeness (QED) is 0.594. The van der Waals surface area contributed by atoms with Crippen LogP contribution in [0.4, 0.5) is 5.69 Å². The first-order valence-corrected chi connectivity index (χ1v) is 10.8. The fourth-order valence-corrected chi connectivity index (χ4v) is 4.25. The molecular weight excluding hydrogens is 372 g/mol. The van der Waals surface area contributed by atoms with Gasteiger partial charge < -0.3 is 10.1 Å².